The number of hydrogen-bond donors (Lipinski definition) is 7. The van der Waals surface area contributed by atoms with Gasteiger partial charge >= 0.3 is 0 Å². The van der Waals surface area contributed by atoms with Crippen molar-refractivity contribution < 1.29 is 33.0 Å². The number of methoxy groups -OCH3 is 1. The van der Waals surface area contributed by atoms with Crippen LogP contribution >= 0.6 is 0 Å². The van der Waals surface area contributed by atoms with E-state index in [9.17, 15) is 33.0 Å². The first kappa shape index (κ1) is 42.9. The van der Waals surface area contributed by atoms with Crippen molar-refractivity contribution in [3.05, 3.63) is 146 Å². The first-order chi connectivity index (χ1) is 29.8. The lowest BCUT2D eigenvalue weighted by Crippen LogP contribution is -2.41. The molecular formula is C47H44N6O8S. The van der Waals surface area contributed by atoms with Crippen molar-refractivity contribution in [2.45, 2.75) is 42.4 Å². The highest BCUT2D eigenvalue weighted by atomic mass is 32.2. The Morgan fingerprint density at radius 3 is 2.58 bits per heavy atom. The summed E-state index contributed by atoms with van der Waals surface area (Å²) in [6.45, 7) is 2.68. The minimum atomic E-state index is -4.04. The van der Waals surface area contributed by atoms with Gasteiger partial charge in [-0.25, -0.2) is 8.42 Å². The highest BCUT2D eigenvalue weighted by Gasteiger charge is 2.30. The molecule has 0 radical (unpaired) electrons. The van der Waals surface area contributed by atoms with Crippen molar-refractivity contribution in [1.82, 2.24) is 15.3 Å². The van der Waals surface area contributed by atoms with E-state index in [1.807, 2.05) is 0 Å². The van der Waals surface area contributed by atoms with Crippen LogP contribution in [0.25, 0.3) is 22.6 Å². The van der Waals surface area contributed by atoms with Crippen molar-refractivity contribution in [2.75, 3.05) is 30.8 Å². The maximum atomic E-state index is 14.2. The van der Waals surface area contributed by atoms with E-state index in [-0.39, 0.29) is 45.8 Å². The molecule has 8 N–H and O–H groups in total. The number of H-pyrrole nitrogens is 1. The predicted octanol–water partition coefficient (Wildman–Crippen LogP) is 4.38. The number of carbonyl (C=O) groups excluding carboxylic acids is 2. The number of nitrogens with two attached hydrogens (primary N) is 1. The number of rotatable bonds is 14. The van der Waals surface area contributed by atoms with Crippen molar-refractivity contribution in [3.8, 4) is 23.3 Å². The molecule has 4 aromatic carbocycles. The van der Waals surface area contributed by atoms with Crippen LogP contribution in [0.15, 0.2) is 113 Å². The molecule has 0 saturated carbocycles. The number of phenols is 1. The largest absolute Gasteiger partial charge is 0.506 e. The molecule has 62 heavy (non-hydrogen) atoms. The minimum absolute atomic E-state index is 0.0365. The van der Waals surface area contributed by atoms with Gasteiger partial charge in [0.15, 0.2) is 9.84 Å². The third kappa shape index (κ3) is 9.53. The summed E-state index contributed by atoms with van der Waals surface area (Å²) >= 11 is 0. The van der Waals surface area contributed by atoms with E-state index < -0.39 is 33.0 Å². The Labute approximate surface area is 357 Å². The molecule has 2 amide bonds. The van der Waals surface area contributed by atoms with E-state index in [0.29, 0.717) is 62.9 Å². The van der Waals surface area contributed by atoms with Crippen LogP contribution in [0.4, 0.5) is 17.1 Å². The van der Waals surface area contributed by atoms with Crippen molar-refractivity contribution in [3.63, 3.8) is 0 Å². The maximum Gasteiger partial charge on any atom is 0.255 e. The monoisotopic (exact) mass is 852 g/mol. The van der Waals surface area contributed by atoms with E-state index in [4.69, 9.17) is 10.5 Å². The van der Waals surface area contributed by atoms with Gasteiger partial charge in [-0.1, -0.05) is 36.1 Å². The number of unbranched alkanes of at least 4 members (excludes halogenated alkanes) is 1. The Morgan fingerprint density at radius 2 is 1.81 bits per heavy atom. The number of phenolic OH excluding ortho intramolecular Hbond substituents is 1. The van der Waals surface area contributed by atoms with Gasteiger partial charge in [0.2, 0.25) is 5.56 Å². The fourth-order valence-electron chi connectivity index (χ4n) is 7.23. The van der Waals surface area contributed by atoms with E-state index in [1.54, 1.807) is 79.7 Å². The molecule has 1 aliphatic carbocycles. The lowest BCUT2D eigenvalue weighted by Gasteiger charge is -2.21. The number of aliphatic hydroxyl groups excluding tert-OH is 1. The van der Waals surface area contributed by atoms with Crippen LogP contribution in [-0.2, 0) is 9.84 Å². The van der Waals surface area contributed by atoms with Gasteiger partial charge in [0.25, 0.3) is 11.8 Å². The molecule has 15 heteroatoms. The highest BCUT2D eigenvalue weighted by Crippen LogP contribution is 2.29. The molecule has 0 spiro atoms. The third-order valence-electron chi connectivity index (χ3n) is 10.4. The Kier molecular flexibility index (Phi) is 12.8. The Bertz CT molecular complexity index is 3070. The summed E-state index contributed by atoms with van der Waals surface area (Å²) in [4.78, 5) is 44.6. The van der Waals surface area contributed by atoms with Gasteiger partial charge in [0, 0.05) is 64.4 Å². The molecule has 0 saturated heterocycles. The number of benzene rings is 4. The number of pyridine rings is 2. The Balaban J connectivity index is 0.966. The van der Waals surface area contributed by atoms with Gasteiger partial charge in [-0.2, -0.15) is 0 Å². The second kappa shape index (κ2) is 18.6. The number of aliphatic hydroxyl groups is 1. The molecule has 1 aliphatic rings. The lowest BCUT2D eigenvalue weighted by molar-refractivity contribution is 0.0997. The third-order valence-corrected chi connectivity index (χ3v) is 12.5. The fraction of sp³-hybridized carbons (Fsp3) is 0.191. The first-order valence-corrected chi connectivity index (χ1v) is 21.3. The molecule has 2 atom stereocenters. The second-order valence-corrected chi connectivity index (χ2v) is 16.9. The number of carbonyl (C=O) groups is 2. The van der Waals surface area contributed by atoms with Crippen molar-refractivity contribution in [2.24, 2.45) is 5.73 Å². The molecule has 316 valence electrons. The SMILES string of the molecule is COc1cccc(Nc2c(C(N)=O)cnc3c2=CC(S(=O)(=O)c2cccc(C(=O)Nc4ccc(C#CCCCNC[C@H](O)c5ccc(O)c6[nH]c(=O)ccc56)cc4)c2)CC=3C)c1. The number of primary amides is 1. The normalized spacial score (nSPS) is 13.9. The van der Waals surface area contributed by atoms with Crippen LogP contribution in [0.5, 0.6) is 11.5 Å². The van der Waals surface area contributed by atoms with Gasteiger partial charge in [-0.15, -0.1) is 0 Å². The average Bonchev–Trinajstić information content (AvgIpc) is 3.27. The number of hydrogen-bond acceptors (Lipinski definition) is 11. The van der Waals surface area contributed by atoms with E-state index in [1.165, 1.54) is 43.6 Å². The molecule has 2 aromatic heterocycles. The number of nitrogens with one attached hydrogen (secondary N) is 4. The number of amides is 2. The standard InChI is InChI=1S/C47H44N6O8S/c1-28-22-35(25-38-43(28)50-26-39(46(48)57)44(38)51-32-10-7-11-33(24-32)61-2)62(59,60)34-12-6-9-30(23-34)47(58)52-31-15-13-29(14-16-31)8-4-3-5-21-49-27-41(55)36-17-19-40(54)45-37(36)18-20-42(56)53-45/h6-7,9-20,23-26,35,41,49,51,54-55H,3,5,21-22,27H2,1-2H3,(H2,48,57)(H,52,58)(H,53,56)/t35?,41-/m0/s1. The summed E-state index contributed by atoms with van der Waals surface area (Å²) in [6.07, 6.45) is 3.58. The Morgan fingerprint density at radius 1 is 1.02 bits per heavy atom. The summed E-state index contributed by atoms with van der Waals surface area (Å²) in [5, 5.41) is 30.6. The van der Waals surface area contributed by atoms with Crippen molar-refractivity contribution in [1.29, 1.82) is 0 Å². The zero-order valence-electron chi connectivity index (χ0n) is 33.9. The molecule has 1 unspecified atom stereocenters. The van der Waals surface area contributed by atoms with Gasteiger partial charge < -0.3 is 41.6 Å². The van der Waals surface area contributed by atoms with Gasteiger partial charge in [0.05, 0.1) is 45.5 Å². The van der Waals surface area contributed by atoms with Crippen LogP contribution in [-0.4, -0.2) is 65.9 Å². The van der Waals surface area contributed by atoms with Crippen LogP contribution < -0.4 is 42.5 Å². The summed E-state index contributed by atoms with van der Waals surface area (Å²) < 4.78 is 33.8. The summed E-state index contributed by atoms with van der Waals surface area (Å²) in [5.41, 5.74) is 9.38. The summed E-state index contributed by atoms with van der Waals surface area (Å²) in [5.74, 6) is 5.52. The van der Waals surface area contributed by atoms with Crippen LogP contribution in [0.1, 0.15) is 64.1 Å². The van der Waals surface area contributed by atoms with Gasteiger partial charge in [-0.05, 0) is 104 Å². The van der Waals surface area contributed by atoms with Crippen LogP contribution in [0.2, 0.25) is 0 Å². The summed E-state index contributed by atoms with van der Waals surface area (Å²) in [7, 11) is -2.51. The highest BCUT2D eigenvalue weighted by molar-refractivity contribution is 7.92. The number of fused-ring (bicyclic) bond motifs is 2. The molecule has 2 heterocycles. The molecule has 6 aromatic rings. The Hall–Kier alpha value is -7.25. The van der Waals surface area contributed by atoms with Crippen LogP contribution in [0, 0.1) is 11.8 Å². The number of anilines is 3. The molecule has 0 bridgehead atoms. The number of aromatic hydroxyl groups is 1. The van der Waals surface area contributed by atoms with Crippen molar-refractivity contribution >= 4 is 61.3 Å². The average molecular weight is 853 g/mol. The molecule has 7 rings (SSSR count). The number of sulfone groups is 1. The first-order valence-electron chi connectivity index (χ1n) is 19.7. The zero-order chi connectivity index (χ0) is 44.0. The topological polar surface area (TPSA) is 226 Å². The molecule has 14 nitrogen and oxygen atoms in total. The second-order valence-electron chi connectivity index (χ2n) is 14.7. The van der Waals surface area contributed by atoms with Crippen LogP contribution in [0.3, 0.4) is 0 Å². The number of nitrogens with zero attached hydrogens (tertiary/aromatic N) is 1. The molecule has 0 aliphatic heterocycles. The fourth-order valence-corrected chi connectivity index (χ4v) is 8.93. The molecule has 0 fully saturated rings. The number of ether oxygens (including phenoxy) is 1. The van der Waals surface area contributed by atoms with Gasteiger partial charge in [-0.3, -0.25) is 19.4 Å². The lowest BCUT2D eigenvalue weighted by atomic mass is 10.0. The number of aromatic nitrogens is 2. The minimum Gasteiger partial charge on any atom is -0.506 e. The quantitative estimate of drug-likeness (QED) is 0.0601. The predicted molar refractivity (Wildman–Crippen MR) is 238 cm³/mol. The van der Waals surface area contributed by atoms with E-state index in [0.717, 1.165) is 12.0 Å². The maximum absolute atomic E-state index is 14.2. The number of aromatic amines is 1. The summed E-state index contributed by atoms with van der Waals surface area (Å²) in [6, 6.07) is 25.9. The van der Waals surface area contributed by atoms with E-state index >= 15 is 0 Å². The smallest absolute Gasteiger partial charge is 0.255 e. The van der Waals surface area contributed by atoms with E-state index in [2.05, 4.69) is 37.8 Å². The van der Waals surface area contributed by atoms with Gasteiger partial charge in [0.1, 0.15) is 11.5 Å². The molecular weight excluding hydrogens is 809 g/mol. The zero-order valence-corrected chi connectivity index (χ0v) is 34.7.